The average molecular weight is 219 g/mol. The molecule has 0 aliphatic carbocycles. The van der Waals surface area contributed by atoms with E-state index in [1.807, 2.05) is 25.7 Å². The molecule has 1 unspecified atom stereocenters. The highest BCUT2D eigenvalue weighted by atomic mass is 16.4. The number of carboxylic acid groups (broad SMARTS) is 1. The van der Waals surface area contributed by atoms with Crippen LogP contribution in [0.4, 0.5) is 0 Å². The van der Waals surface area contributed by atoms with Crippen LogP contribution in [0.25, 0.3) is 0 Å². The molecule has 0 aliphatic rings. The molecule has 0 saturated heterocycles. The lowest BCUT2D eigenvalue weighted by Crippen LogP contribution is -2.47. The maximum Gasteiger partial charge on any atom is 0.304 e. The van der Waals surface area contributed by atoms with Gasteiger partial charge in [0.1, 0.15) is 0 Å². The number of aliphatic carboxylic acids is 1. The van der Waals surface area contributed by atoms with Crippen molar-refractivity contribution >= 4 is 5.97 Å². The third-order valence-corrected chi connectivity index (χ3v) is 2.19. The van der Waals surface area contributed by atoms with E-state index in [1.54, 1.807) is 0 Å². The highest BCUT2D eigenvalue weighted by Crippen LogP contribution is 2.14. The summed E-state index contributed by atoms with van der Waals surface area (Å²) in [6, 6.07) is 0. The summed E-state index contributed by atoms with van der Waals surface area (Å²) >= 11 is 0. The quantitative estimate of drug-likeness (QED) is 0.582. The molecule has 3 N–H and O–H groups in total. The van der Waals surface area contributed by atoms with Gasteiger partial charge in [-0.15, -0.1) is 0 Å². The first-order valence-electron chi connectivity index (χ1n) is 5.03. The van der Waals surface area contributed by atoms with Gasteiger partial charge in [0.25, 0.3) is 0 Å². The lowest BCUT2D eigenvalue weighted by Gasteiger charge is -2.36. The molecule has 0 aromatic heterocycles. The van der Waals surface area contributed by atoms with Gasteiger partial charge in [-0.05, 0) is 20.8 Å². The Morgan fingerprint density at radius 3 is 2.27 bits per heavy atom. The van der Waals surface area contributed by atoms with E-state index < -0.39 is 12.1 Å². The fraction of sp³-hybridized carbons (Fsp3) is 0.900. The summed E-state index contributed by atoms with van der Waals surface area (Å²) in [7, 11) is 0. The molecule has 0 spiro atoms. The lowest BCUT2D eigenvalue weighted by molar-refractivity contribution is -0.137. The Hall–Kier alpha value is -0.650. The average Bonchev–Trinajstić information content (AvgIpc) is 2.09. The number of carboxylic acids is 1. The molecule has 90 valence electrons. The van der Waals surface area contributed by atoms with E-state index in [9.17, 15) is 9.90 Å². The Kier molecular flexibility index (Phi) is 5.79. The van der Waals surface area contributed by atoms with Gasteiger partial charge in [0.15, 0.2) is 0 Å². The molecule has 5 nitrogen and oxygen atoms in total. The molecule has 0 amide bonds. The van der Waals surface area contributed by atoms with Crippen LogP contribution < -0.4 is 0 Å². The fourth-order valence-corrected chi connectivity index (χ4v) is 1.24. The van der Waals surface area contributed by atoms with Crippen molar-refractivity contribution < 1.29 is 20.1 Å². The number of hydrogen-bond acceptors (Lipinski definition) is 4. The first-order valence-corrected chi connectivity index (χ1v) is 5.03. The van der Waals surface area contributed by atoms with Crippen molar-refractivity contribution in [3.8, 4) is 0 Å². The molecule has 0 rings (SSSR count). The van der Waals surface area contributed by atoms with Gasteiger partial charge in [0.05, 0.1) is 19.1 Å². The summed E-state index contributed by atoms with van der Waals surface area (Å²) in [4.78, 5) is 12.3. The number of nitrogens with zero attached hydrogens (tertiary/aromatic N) is 1. The molecule has 0 saturated carbocycles. The van der Waals surface area contributed by atoms with Crippen LogP contribution in [0.5, 0.6) is 0 Å². The summed E-state index contributed by atoms with van der Waals surface area (Å²) in [5, 5.41) is 26.6. The molecule has 0 bridgehead atoms. The van der Waals surface area contributed by atoms with Crippen LogP contribution in [0.3, 0.4) is 0 Å². The van der Waals surface area contributed by atoms with Crippen molar-refractivity contribution in [2.75, 3.05) is 19.7 Å². The van der Waals surface area contributed by atoms with E-state index in [4.69, 9.17) is 10.2 Å². The maximum atomic E-state index is 10.4. The number of hydrogen-bond donors (Lipinski definition) is 3. The molecule has 15 heavy (non-hydrogen) atoms. The van der Waals surface area contributed by atoms with Gasteiger partial charge < -0.3 is 15.3 Å². The number of β-amino-alcohol motifs (C(OH)–C–C–N with tert-alkyl or cyclic N) is 1. The van der Waals surface area contributed by atoms with Gasteiger partial charge in [-0.1, -0.05) is 0 Å². The summed E-state index contributed by atoms with van der Waals surface area (Å²) in [6.45, 7) is 6.18. The monoisotopic (exact) mass is 219 g/mol. The molecule has 0 fully saturated rings. The van der Waals surface area contributed by atoms with E-state index in [-0.39, 0.29) is 25.1 Å². The second-order valence-electron chi connectivity index (χ2n) is 4.60. The van der Waals surface area contributed by atoms with Crippen molar-refractivity contribution in [2.24, 2.45) is 0 Å². The minimum atomic E-state index is -0.859. The van der Waals surface area contributed by atoms with E-state index in [2.05, 4.69) is 0 Å². The van der Waals surface area contributed by atoms with Crippen LogP contribution in [0.2, 0.25) is 0 Å². The highest BCUT2D eigenvalue weighted by molar-refractivity contribution is 5.66. The fourth-order valence-electron chi connectivity index (χ4n) is 1.24. The van der Waals surface area contributed by atoms with Gasteiger partial charge in [-0.2, -0.15) is 0 Å². The largest absolute Gasteiger partial charge is 0.481 e. The van der Waals surface area contributed by atoms with E-state index in [0.717, 1.165) is 0 Å². The van der Waals surface area contributed by atoms with Crippen molar-refractivity contribution in [2.45, 2.75) is 38.8 Å². The predicted octanol–water partition coefficient (Wildman–Crippen LogP) is -0.0852. The van der Waals surface area contributed by atoms with Crippen LogP contribution in [0, 0.1) is 0 Å². The Morgan fingerprint density at radius 2 is 1.93 bits per heavy atom. The lowest BCUT2D eigenvalue weighted by atomic mass is 10.0. The SMILES string of the molecule is CC(C)(C)N(CCC(=O)O)CC(O)CO. The Labute approximate surface area is 90.3 Å². The summed E-state index contributed by atoms with van der Waals surface area (Å²) in [6.07, 6.45) is -0.784. The molecule has 0 radical (unpaired) electrons. The minimum absolute atomic E-state index is 0.0371. The maximum absolute atomic E-state index is 10.4. The summed E-state index contributed by atoms with van der Waals surface area (Å²) in [5.41, 5.74) is -0.217. The van der Waals surface area contributed by atoms with Crippen molar-refractivity contribution in [3.63, 3.8) is 0 Å². The Balaban J connectivity index is 4.26. The minimum Gasteiger partial charge on any atom is -0.481 e. The third kappa shape index (κ3) is 6.43. The first kappa shape index (κ1) is 14.3. The second kappa shape index (κ2) is 6.05. The van der Waals surface area contributed by atoms with Crippen molar-refractivity contribution in [3.05, 3.63) is 0 Å². The Bertz CT molecular complexity index is 200. The zero-order valence-electron chi connectivity index (χ0n) is 9.60. The molecular formula is C10H21NO4. The standard InChI is InChI=1S/C10H21NO4/c1-10(2,3)11(5-4-9(14)15)6-8(13)7-12/h8,12-13H,4-7H2,1-3H3,(H,14,15). The van der Waals surface area contributed by atoms with Gasteiger partial charge in [0, 0.05) is 18.6 Å². The van der Waals surface area contributed by atoms with Crippen LogP contribution >= 0.6 is 0 Å². The van der Waals surface area contributed by atoms with E-state index in [1.165, 1.54) is 0 Å². The van der Waals surface area contributed by atoms with Gasteiger partial charge >= 0.3 is 5.97 Å². The smallest absolute Gasteiger partial charge is 0.304 e. The Morgan fingerprint density at radius 1 is 1.40 bits per heavy atom. The molecular weight excluding hydrogens is 198 g/mol. The van der Waals surface area contributed by atoms with Crippen molar-refractivity contribution in [1.29, 1.82) is 0 Å². The molecule has 0 aromatic carbocycles. The predicted molar refractivity (Wildman–Crippen MR) is 56.7 cm³/mol. The number of rotatable bonds is 6. The molecule has 0 heterocycles. The zero-order valence-corrected chi connectivity index (χ0v) is 9.60. The van der Waals surface area contributed by atoms with Crippen LogP contribution in [0.1, 0.15) is 27.2 Å². The van der Waals surface area contributed by atoms with Gasteiger partial charge in [-0.3, -0.25) is 9.69 Å². The van der Waals surface area contributed by atoms with Crippen LogP contribution in [-0.4, -0.2) is 57.5 Å². The molecule has 0 aliphatic heterocycles. The topological polar surface area (TPSA) is 81.0 Å². The van der Waals surface area contributed by atoms with Gasteiger partial charge in [-0.25, -0.2) is 0 Å². The summed E-state index contributed by atoms with van der Waals surface area (Å²) in [5.74, 6) is -0.859. The molecule has 5 heteroatoms. The van der Waals surface area contributed by atoms with Crippen LogP contribution in [0.15, 0.2) is 0 Å². The molecule has 1 atom stereocenters. The number of aliphatic hydroxyl groups is 2. The molecule has 0 aromatic rings. The van der Waals surface area contributed by atoms with Crippen molar-refractivity contribution in [1.82, 2.24) is 4.90 Å². The van der Waals surface area contributed by atoms with Gasteiger partial charge in [0.2, 0.25) is 0 Å². The van der Waals surface area contributed by atoms with Crippen LogP contribution in [-0.2, 0) is 4.79 Å². The number of aliphatic hydroxyl groups excluding tert-OH is 2. The summed E-state index contributed by atoms with van der Waals surface area (Å²) < 4.78 is 0. The first-order chi connectivity index (χ1) is 6.77. The third-order valence-electron chi connectivity index (χ3n) is 2.19. The normalized spacial score (nSPS) is 14.3. The highest BCUT2D eigenvalue weighted by Gasteiger charge is 2.23. The zero-order chi connectivity index (χ0) is 12.1. The number of carbonyl (C=O) groups is 1. The second-order valence-corrected chi connectivity index (χ2v) is 4.60. The van der Waals surface area contributed by atoms with E-state index >= 15 is 0 Å². The van der Waals surface area contributed by atoms with E-state index in [0.29, 0.717) is 6.54 Å².